The second-order valence-electron chi connectivity index (χ2n) is 5.52. The summed E-state index contributed by atoms with van der Waals surface area (Å²) in [4.78, 5) is 12.1. The summed E-state index contributed by atoms with van der Waals surface area (Å²) < 4.78 is 2.52. The van der Waals surface area contributed by atoms with Gasteiger partial charge in [0.05, 0.1) is 12.0 Å². The van der Waals surface area contributed by atoms with Crippen molar-refractivity contribution in [3.05, 3.63) is 64.4 Å². The Morgan fingerprint density at radius 2 is 1.93 bits per heavy atom. The number of hydrogen-bond acceptors (Lipinski definition) is 6. The first-order chi connectivity index (χ1) is 13.0. The molecule has 3 aromatic rings. The van der Waals surface area contributed by atoms with Crippen molar-refractivity contribution < 1.29 is 9.90 Å². The Kier molecular flexibility index (Phi) is 6.25. The van der Waals surface area contributed by atoms with E-state index in [2.05, 4.69) is 36.5 Å². The number of nitrogens with zero attached hydrogens (tertiary/aromatic N) is 4. The number of hydrogen-bond donors (Lipinski definition) is 2. The molecule has 0 aliphatic rings. The van der Waals surface area contributed by atoms with Gasteiger partial charge in [-0.15, -0.1) is 10.2 Å². The predicted octanol–water partition coefficient (Wildman–Crippen LogP) is 3.67. The van der Waals surface area contributed by atoms with Crippen LogP contribution in [-0.2, 0) is 4.79 Å². The first-order valence-corrected chi connectivity index (χ1v) is 9.73. The molecule has 0 radical (unpaired) electrons. The molecule has 3 rings (SSSR count). The van der Waals surface area contributed by atoms with Crippen molar-refractivity contribution in [1.29, 1.82) is 0 Å². The Hall–Kier alpha value is -2.65. The van der Waals surface area contributed by atoms with E-state index in [1.165, 1.54) is 11.8 Å². The summed E-state index contributed by atoms with van der Waals surface area (Å²) in [5, 5.41) is 25.1. The molecule has 1 amide bonds. The number of thioether (sulfide) groups is 1. The summed E-state index contributed by atoms with van der Waals surface area (Å²) in [5.74, 6) is 0.849. The number of anilines is 1. The van der Waals surface area contributed by atoms with Gasteiger partial charge in [-0.2, -0.15) is 9.78 Å². The van der Waals surface area contributed by atoms with E-state index in [1.54, 1.807) is 42.1 Å². The van der Waals surface area contributed by atoms with Crippen LogP contribution in [0.2, 0.25) is 0 Å². The third-order valence-electron chi connectivity index (χ3n) is 3.44. The van der Waals surface area contributed by atoms with Crippen LogP contribution in [0.5, 0.6) is 5.75 Å². The maximum Gasteiger partial charge on any atom is 0.234 e. The number of phenolic OH excluding ortho intramolecular Hbond substituents is 1. The van der Waals surface area contributed by atoms with E-state index in [9.17, 15) is 9.90 Å². The fourth-order valence-corrected chi connectivity index (χ4v) is 3.10. The topological polar surface area (TPSA) is 92.4 Å². The van der Waals surface area contributed by atoms with Gasteiger partial charge in [0.25, 0.3) is 0 Å². The largest absolute Gasteiger partial charge is 0.508 e. The predicted molar refractivity (Wildman–Crippen MR) is 109 cm³/mol. The molecule has 0 aliphatic heterocycles. The Morgan fingerprint density at radius 3 is 2.63 bits per heavy atom. The standard InChI is InChI=1S/C18H16BrN5O2S/c1-12-22-23-18(24(12)20-10-13-2-8-16(25)9-3-13)27-11-17(26)21-15-6-4-14(19)5-7-15/h2-10,25H,11H2,1H3,(H,21,26)/b20-10+. The summed E-state index contributed by atoms with van der Waals surface area (Å²) in [6.45, 7) is 1.78. The van der Waals surface area contributed by atoms with Gasteiger partial charge in [-0.25, -0.2) is 0 Å². The van der Waals surface area contributed by atoms with Crippen LogP contribution in [0.3, 0.4) is 0 Å². The Labute approximate surface area is 168 Å². The summed E-state index contributed by atoms with van der Waals surface area (Å²) >= 11 is 4.61. The highest BCUT2D eigenvalue weighted by Gasteiger charge is 2.11. The number of rotatable bonds is 6. The molecular weight excluding hydrogens is 430 g/mol. The van der Waals surface area contributed by atoms with Gasteiger partial charge in [0, 0.05) is 10.2 Å². The quantitative estimate of drug-likeness (QED) is 0.445. The minimum Gasteiger partial charge on any atom is -0.508 e. The molecule has 7 nitrogen and oxygen atoms in total. The molecule has 0 atom stereocenters. The smallest absolute Gasteiger partial charge is 0.234 e. The number of carbonyl (C=O) groups excluding carboxylic acids is 1. The van der Waals surface area contributed by atoms with Crippen LogP contribution in [-0.4, -0.2) is 37.9 Å². The van der Waals surface area contributed by atoms with Gasteiger partial charge >= 0.3 is 0 Å². The highest BCUT2D eigenvalue weighted by Crippen LogP contribution is 2.18. The first-order valence-electron chi connectivity index (χ1n) is 7.95. The SMILES string of the molecule is Cc1nnc(SCC(=O)Nc2ccc(Br)cc2)n1/N=C/c1ccc(O)cc1. The lowest BCUT2D eigenvalue weighted by Crippen LogP contribution is -2.14. The zero-order valence-corrected chi connectivity index (χ0v) is 16.7. The zero-order chi connectivity index (χ0) is 19.2. The number of amides is 1. The van der Waals surface area contributed by atoms with Crippen molar-refractivity contribution in [3.63, 3.8) is 0 Å². The molecule has 0 unspecified atom stereocenters. The number of nitrogens with one attached hydrogen (secondary N) is 1. The van der Waals surface area contributed by atoms with E-state index in [0.29, 0.717) is 11.0 Å². The fraction of sp³-hybridized carbons (Fsp3) is 0.111. The molecule has 0 spiro atoms. The van der Waals surface area contributed by atoms with Crippen molar-refractivity contribution in [3.8, 4) is 5.75 Å². The van der Waals surface area contributed by atoms with E-state index >= 15 is 0 Å². The molecule has 0 aliphatic carbocycles. The van der Waals surface area contributed by atoms with Crippen LogP contribution < -0.4 is 5.32 Å². The first kappa shape index (κ1) is 19.1. The molecule has 2 N–H and O–H groups in total. The number of aromatic hydroxyl groups is 1. The zero-order valence-electron chi connectivity index (χ0n) is 14.3. The van der Waals surface area contributed by atoms with Gasteiger partial charge < -0.3 is 10.4 Å². The second kappa shape index (κ2) is 8.83. The minimum absolute atomic E-state index is 0.142. The van der Waals surface area contributed by atoms with Crippen molar-refractivity contribution in [2.45, 2.75) is 12.1 Å². The molecule has 9 heteroatoms. The highest BCUT2D eigenvalue weighted by atomic mass is 79.9. The van der Waals surface area contributed by atoms with E-state index in [-0.39, 0.29) is 17.4 Å². The van der Waals surface area contributed by atoms with Gasteiger partial charge in [0.15, 0.2) is 5.82 Å². The molecule has 1 aromatic heterocycles. The Bertz CT molecular complexity index is 955. The van der Waals surface area contributed by atoms with Crippen LogP contribution in [0.25, 0.3) is 0 Å². The van der Waals surface area contributed by atoms with Gasteiger partial charge in [0.1, 0.15) is 5.75 Å². The van der Waals surface area contributed by atoms with Gasteiger partial charge in [-0.1, -0.05) is 27.7 Å². The van der Waals surface area contributed by atoms with Crippen LogP contribution in [0.15, 0.2) is 63.3 Å². The molecule has 0 fully saturated rings. The van der Waals surface area contributed by atoms with Crippen molar-refractivity contribution in [2.24, 2.45) is 5.10 Å². The minimum atomic E-state index is -0.142. The molecule has 27 heavy (non-hydrogen) atoms. The van der Waals surface area contributed by atoms with E-state index in [1.807, 2.05) is 24.3 Å². The monoisotopic (exact) mass is 445 g/mol. The van der Waals surface area contributed by atoms with E-state index in [0.717, 1.165) is 15.7 Å². The van der Waals surface area contributed by atoms with Crippen LogP contribution in [0.4, 0.5) is 5.69 Å². The normalized spacial score (nSPS) is 11.0. The van der Waals surface area contributed by atoms with Crippen LogP contribution in [0, 0.1) is 6.92 Å². The summed E-state index contributed by atoms with van der Waals surface area (Å²) in [6, 6.07) is 14.0. The number of aromatic nitrogens is 3. The van der Waals surface area contributed by atoms with Gasteiger partial charge in [-0.3, -0.25) is 4.79 Å². The summed E-state index contributed by atoms with van der Waals surface area (Å²) in [6.07, 6.45) is 1.64. The lowest BCUT2D eigenvalue weighted by atomic mass is 10.2. The summed E-state index contributed by atoms with van der Waals surface area (Å²) in [5.41, 5.74) is 1.55. The maximum absolute atomic E-state index is 12.1. The Balaban J connectivity index is 1.63. The molecule has 0 saturated carbocycles. The Morgan fingerprint density at radius 1 is 1.22 bits per heavy atom. The van der Waals surface area contributed by atoms with Crippen molar-refractivity contribution in [2.75, 3.05) is 11.1 Å². The third kappa shape index (κ3) is 5.41. The van der Waals surface area contributed by atoms with E-state index < -0.39 is 0 Å². The molecular formula is C18H16BrN5O2S. The van der Waals surface area contributed by atoms with Gasteiger partial charge in [0.2, 0.25) is 11.1 Å². The van der Waals surface area contributed by atoms with E-state index in [4.69, 9.17) is 0 Å². The van der Waals surface area contributed by atoms with Crippen molar-refractivity contribution in [1.82, 2.24) is 14.9 Å². The molecule has 1 heterocycles. The number of aryl methyl sites for hydroxylation is 1. The van der Waals surface area contributed by atoms with Gasteiger partial charge in [-0.05, 0) is 61.0 Å². The average molecular weight is 446 g/mol. The lowest BCUT2D eigenvalue weighted by Gasteiger charge is -2.05. The lowest BCUT2D eigenvalue weighted by molar-refractivity contribution is -0.113. The number of halogens is 1. The average Bonchev–Trinajstić information content (AvgIpc) is 3.01. The van der Waals surface area contributed by atoms with Crippen LogP contribution in [0.1, 0.15) is 11.4 Å². The highest BCUT2D eigenvalue weighted by molar-refractivity contribution is 9.10. The number of benzene rings is 2. The fourth-order valence-electron chi connectivity index (χ4n) is 2.11. The maximum atomic E-state index is 12.1. The molecule has 138 valence electrons. The summed E-state index contributed by atoms with van der Waals surface area (Å²) in [7, 11) is 0. The third-order valence-corrected chi connectivity index (χ3v) is 4.89. The van der Waals surface area contributed by atoms with Crippen molar-refractivity contribution >= 4 is 45.5 Å². The molecule has 2 aromatic carbocycles. The molecule has 0 saturated heterocycles. The molecule has 0 bridgehead atoms. The second-order valence-corrected chi connectivity index (χ2v) is 7.38. The van der Waals surface area contributed by atoms with Crippen LogP contribution >= 0.6 is 27.7 Å². The number of phenols is 1. The number of carbonyl (C=O) groups is 1.